The van der Waals surface area contributed by atoms with Crippen molar-refractivity contribution >= 4 is 10.0 Å². The first-order valence-corrected chi connectivity index (χ1v) is 6.05. The highest BCUT2D eigenvalue weighted by Gasteiger charge is 2.13. The number of hydrogen-bond donors (Lipinski definition) is 2. The normalized spacial score (nSPS) is 11.5. The molecule has 2 aromatic rings. The minimum Gasteiger partial charge on any atom is -0.281 e. The monoisotopic (exact) mass is 238 g/mol. The van der Waals surface area contributed by atoms with Crippen LogP contribution in [0.4, 0.5) is 0 Å². The van der Waals surface area contributed by atoms with E-state index in [1.54, 1.807) is 18.3 Å². The van der Waals surface area contributed by atoms with Gasteiger partial charge in [-0.05, 0) is 18.2 Å². The molecule has 0 radical (unpaired) electrons. The highest BCUT2D eigenvalue weighted by Crippen LogP contribution is 2.05. The predicted octanol–water partition coefficient (Wildman–Crippen LogP) is 0.283. The molecule has 0 atom stereocenters. The lowest BCUT2D eigenvalue weighted by molar-refractivity contribution is 0.580. The number of nitrogens with zero attached hydrogens (tertiary/aromatic N) is 2. The molecule has 2 heterocycles. The van der Waals surface area contributed by atoms with Crippen LogP contribution in [0.5, 0.6) is 0 Å². The zero-order chi connectivity index (χ0) is 11.4. The van der Waals surface area contributed by atoms with E-state index in [-0.39, 0.29) is 11.4 Å². The van der Waals surface area contributed by atoms with E-state index in [0.29, 0.717) is 5.69 Å². The van der Waals surface area contributed by atoms with Crippen LogP contribution in [0.3, 0.4) is 0 Å². The Balaban J connectivity index is 2.10. The maximum atomic E-state index is 11.7. The van der Waals surface area contributed by atoms with E-state index >= 15 is 0 Å². The second kappa shape index (κ2) is 4.42. The van der Waals surface area contributed by atoms with Gasteiger partial charge in [0.05, 0.1) is 12.2 Å². The molecule has 0 unspecified atom stereocenters. The van der Waals surface area contributed by atoms with Crippen molar-refractivity contribution in [2.75, 3.05) is 0 Å². The van der Waals surface area contributed by atoms with Crippen molar-refractivity contribution in [3.63, 3.8) is 0 Å². The van der Waals surface area contributed by atoms with Crippen LogP contribution in [0, 0.1) is 0 Å². The molecule has 0 aliphatic heterocycles. The number of hydrogen-bond acceptors (Lipinski definition) is 4. The Hall–Kier alpha value is -1.73. The van der Waals surface area contributed by atoms with Crippen molar-refractivity contribution in [3.8, 4) is 0 Å². The lowest BCUT2D eigenvalue weighted by Crippen LogP contribution is -2.23. The summed E-state index contributed by atoms with van der Waals surface area (Å²) in [4.78, 5) is 3.90. The van der Waals surface area contributed by atoms with Crippen LogP contribution in [0.1, 0.15) is 5.69 Å². The molecule has 2 rings (SSSR count). The molecule has 0 aromatic carbocycles. The van der Waals surface area contributed by atoms with E-state index in [1.807, 2.05) is 0 Å². The quantitative estimate of drug-likeness (QED) is 0.801. The second-order valence-corrected chi connectivity index (χ2v) is 4.86. The number of sulfonamides is 1. The summed E-state index contributed by atoms with van der Waals surface area (Å²) in [6.45, 7) is 0.178. The molecule has 0 saturated heterocycles. The number of H-pyrrole nitrogens is 1. The third-order valence-electron chi connectivity index (χ3n) is 1.96. The molecule has 6 nitrogen and oxygen atoms in total. The van der Waals surface area contributed by atoms with Gasteiger partial charge in [-0.1, -0.05) is 0 Å². The lowest BCUT2D eigenvalue weighted by Gasteiger charge is -2.04. The Morgan fingerprint density at radius 2 is 2.19 bits per heavy atom. The Labute approximate surface area is 92.8 Å². The molecular weight excluding hydrogens is 228 g/mol. The highest BCUT2D eigenvalue weighted by molar-refractivity contribution is 7.89. The van der Waals surface area contributed by atoms with Gasteiger partial charge in [-0.15, -0.1) is 0 Å². The summed E-state index contributed by atoms with van der Waals surface area (Å²) < 4.78 is 25.9. The number of nitrogens with one attached hydrogen (secondary N) is 2. The van der Waals surface area contributed by atoms with Crippen LogP contribution in [0.2, 0.25) is 0 Å². The van der Waals surface area contributed by atoms with E-state index in [9.17, 15) is 8.42 Å². The van der Waals surface area contributed by atoms with Gasteiger partial charge in [0.2, 0.25) is 10.0 Å². The fraction of sp³-hybridized carbons (Fsp3) is 0.111. The fourth-order valence-electron chi connectivity index (χ4n) is 1.15. The number of aromatic nitrogens is 3. The molecule has 0 fully saturated rings. The molecule has 2 N–H and O–H groups in total. The predicted molar refractivity (Wildman–Crippen MR) is 56.9 cm³/mol. The van der Waals surface area contributed by atoms with Crippen molar-refractivity contribution < 1.29 is 8.42 Å². The Bertz CT molecular complexity index is 536. The van der Waals surface area contributed by atoms with Crippen LogP contribution in [-0.2, 0) is 16.6 Å². The van der Waals surface area contributed by atoms with Gasteiger partial charge in [-0.2, -0.15) is 5.10 Å². The summed E-state index contributed by atoms with van der Waals surface area (Å²) in [5.74, 6) is 0. The minimum absolute atomic E-state index is 0.148. The summed E-state index contributed by atoms with van der Waals surface area (Å²) in [5, 5.41) is 6.39. The van der Waals surface area contributed by atoms with Gasteiger partial charge in [0, 0.05) is 18.6 Å². The molecule has 2 aromatic heterocycles. The average molecular weight is 238 g/mol. The van der Waals surface area contributed by atoms with Crippen LogP contribution in [0.25, 0.3) is 0 Å². The fourth-order valence-corrected chi connectivity index (χ4v) is 2.11. The maximum absolute atomic E-state index is 11.7. The van der Waals surface area contributed by atoms with E-state index in [4.69, 9.17) is 0 Å². The van der Waals surface area contributed by atoms with E-state index in [0.717, 1.165) is 0 Å². The lowest BCUT2D eigenvalue weighted by atomic mass is 10.4. The molecule has 0 aliphatic carbocycles. The Morgan fingerprint density at radius 3 is 2.81 bits per heavy atom. The van der Waals surface area contributed by atoms with Gasteiger partial charge in [-0.3, -0.25) is 10.1 Å². The zero-order valence-corrected chi connectivity index (χ0v) is 9.11. The van der Waals surface area contributed by atoms with Crippen LogP contribution in [0.15, 0.2) is 41.7 Å². The first-order chi connectivity index (χ1) is 7.68. The molecule has 0 bridgehead atoms. The van der Waals surface area contributed by atoms with Crippen molar-refractivity contribution in [2.45, 2.75) is 11.4 Å². The topological polar surface area (TPSA) is 87.7 Å². The van der Waals surface area contributed by atoms with Gasteiger partial charge in [-0.25, -0.2) is 13.1 Å². The molecular formula is C9H10N4O2S. The van der Waals surface area contributed by atoms with E-state index in [2.05, 4.69) is 19.9 Å². The van der Waals surface area contributed by atoms with E-state index in [1.165, 1.54) is 18.5 Å². The molecule has 7 heteroatoms. The van der Waals surface area contributed by atoms with Crippen molar-refractivity contribution in [1.82, 2.24) is 19.9 Å². The first-order valence-electron chi connectivity index (χ1n) is 4.56. The highest BCUT2D eigenvalue weighted by atomic mass is 32.2. The number of pyridine rings is 1. The molecule has 0 aliphatic rings. The summed E-state index contributed by atoms with van der Waals surface area (Å²) in [5.41, 5.74) is 0.701. The second-order valence-electron chi connectivity index (χ2n) is 3.10. The molecule has 16 heavy (non-hydrogen) atoms. The summed E-state index contributed by atoms with van der Waals surface area (Å²) in [6.07, 6.45) is 4.39. The van der Waals surface area contributed by atoms with Gasteiger partial charge >= 0.3 is 0 Å². The Morgan fingerprint density at radius 1 is 1.31 bits per heavy atom. The maximum Gasteiger partial charge on any atom is 0.242 e. The molecule has 0 amide bonds. The zero-order valence-electron chi connectivity index (χ0n) is 8.29. The average Bonchev–Trinajstić information content (AvgIpc) is 2.81. The van der Waals surface area contributed by atoms with Crippen molar-refractivity contribution in [1.29, 1.82) is 0 Å². The van der Waals surface area contributed by atoms with Crippen molar-refractivity contribution in [3.05, 3.63) is 42.5 Å². The standard InChI is InChI=1S/C9H10N4O2S/c14-16(15,9-2-1-4-10-7-9)12-6-8-3-5-11-13-8/h1-5,7,12H,6H2,(H,11,13). The molecule has 84 valence electrons. The third-order valence-corrected chi connectivity index (χ3v) is 3.34. The van der Waals surface area contributed by atoms with Gasteiger partial charge < -0.3 is 0 Å². The number of rotatable bonds is 4. The van der Waals surface area contributed by atoms with Crippen LogP contribution < -0.4 is 4.72 Å². The summed E-state index contributed by atoms with van der Waals surface area (Å²) >= 11 is 0. The molecule has 0 saturated carbocycles. The van der Waals surface area contributed by atoms with Gasteiger partial charge in [0.25, 0.3) is 0 Å². The smallest absolute Gasteiger partial charge is 0.242 e. The Kier molecular flexibility index (Phi) is 2.97. The van der Waals surface area contributed by atoms with Crippen molar-refractivity contribution in [2.24, 2.45) is 0 Å². The first kappa shape index (κ1) is 10.8. The van der Waals surface area contributed by atoms with Crippen LogP contribution >= 0.6 is 0 Å². The van der Waals surface area contributed by atoms with E-state index < -0.39 is 10.0 Å². The van der Waals surface area contributed by atoms with Crippen LogP contribution in [-0.4, -0.2) is 23.6 Å². The summed E-state index contributed by atoms with van der Waals surface area (Å²) in [6, 6.07) is 4.76. The van der Waals surface area contributed by atoms with Gasteiger partial charge in [0.15, 0.2) is 0 Å². The third kappa shape index (κ3) is 2.44. The SMILES string of the molecule is O=S(=O)(NCc1ccn[nH]1)c1cccnc1. The summed E-state index contributed by atoms with van der Waals surface area (Å²) in [7, 11) is -3.50. The molecule has 0 spiro atoms. The largest absolute Gasteiger partial charge is 0.281 e. The minimum atomic E-state index is -3.50. The number of aromatic amines is 1. The van der Waals surface area contributed by atoms with Gasteiger partial charge in [0.1, 0.15) is 4.90 Å².